The number of hydrogen-bond donors (Lipinski definition) is 8. The topological polar surface area (TPSA) is 342 Å². The number of nitrogens with zero attached hydrogens (tertiary/aromatic N) is 5. The maximum atomic E-state index is 12.7. The normalized spacial score (nSPS) is 22.4. The molecule has 7 unspecified atom stereocenters. The Hall–Kier alpha value is -2.79. The van der Waals surface area contributed by atoms with Crippen LogP contribution in [0.2, 0.25) is 0 Å². The van der Waals surface area contributed by atoms with Crippen molar-refractivity contribution in [3.05, 3.63) is 18.3 Å². The lowest BCUT2D eigenvalue weighted by Gasteiger charge is -2.30. The summed E-state index contributed by atoms with van der Waals surface area (Å²) in [5, 5.41) is 30.3. The van der Waals surface area contributed by atoms with E-state index >= 15 is 0 Å². The van der Waals surface area contributed by atoms with E-state index in [2.05, 4.69) is 39.6 Å². The highest BCUT2D eigenvalue weighted by Gasteiger charge is 2.50. The minimum absolute atomic E-state index is 0.115. The molecule has 1 fully saturated rings. The van der Waals surface area contributed by atoms with Crippen LogP contribution in [0.25, 0.3) is 11.2 Å². The highest BCUT2D eigenvalue weighted by Crippen LogP contribution is 2.61. The van der Waals surface area contributed by atoms with Crippen molar-refractivity contribution in [3.63, 3.8) is 0 Å². The van der Waals surface area contributed by atoms with E-state index in [0.717, 1.165) is 12.8 Å². The van der Waals surface area contributed by atoms with E-state index < -0.39 is 84.6 Å². The van der Waals surface area contributed by atoms with E-state index in [0.29, 0.717) is 23.5 Å². The third-order valence-corrected chi connectivity index (χ3v) is 10.7. The van der Waals surface area contributed by atoms with Crippen molar-refractivity contribution in [1.29, 1.82) is 0 Å². The molecule has 0 bridgehead atoms. The number of fused-ring (bicyclic) bond motifs is 1. The molecule has 54 heavy (non-hydrogen) atoms. The number of imidazole rings is 1. The van der Waals surface area contributed by atoms with Gasteiger partial charge in [-0.25, -0.2) is 28.6 Å². The Morgan fingerprint density at radius 1 is 1.09 bits per heavy atom. The lowest BCUT2D eigenvalue weighted by molar-refractivity contribution is -0.137. The van der Waals surface area contributed by atoms with E-state index in [4.69, 9.17) is 18.6 Å². The number of nitrogens with one attached hydrogen (secondary N) is 2. The fraction of sp³-hybridized carbons (Fsp3) is 0.704. The van der Waals surface area contributed by atoms with Crippen LogP contribution in [0.5, 0.6) is 0 Å². The first kappa shape index (κ1) is 45.6. The molecule has 2 amide bonds. The van der Waals surface area contributed by atoms with Gasteiger partial charge in [0.1, 0.15) is 42.9 Å². The van der Waals surface area contributed by atoms with Gasteiger partial charge < -0.3 is 50.0 Å². The lowest BCUT2D eigenvalue weighted by atomic mass is 9.87. The second-order valence-corrected chi connectivity index (χ2v) is 16.9. The van der Waals surface area contributed by atoms with Crippen molar-refractivity contribution in [1.82, 2.24) is 30.2 Å². The molecule has 27 heteroatoms. The second kappa shape index (κ2) is 19.4. The summed E-state index contributed by atoms with van der Waals surface area (Å²) in [7, 11) is -16.3. The third kappa shape index (κ3) is 13.7. The number of aliphatic hydroxyl groups is 2. The van der Waals surface area contributed by atoms with Gasteiger partial charge in [-0.15, -0.1) is 0 Å². The van der Waals surface area contributed by atoms with Gasteiger partial charge in [0, 0.05) is 18.4 Å². The smallest absolute Gasteiger partial charge is 0.396 e. The third-order valence-electron chi connectivity index (χ3n) is 7.58. The molecule has 0 saturated carbocycles. The molecule has 0 aliphatic carbocycles. The Bertz CT molecular complexity index is 1770. The summed E-state index contributed by atoms with van der Waals surface area (Å²) in [6, 6.07) is 0. The molecule has 1 aliphatic heterocycles. The first-order valence-electron chi connectivity index (χ1n) is 16.3. The van der Waals surface area contributed by atoms with Crippen LogP contribution in [0.15, 0.2) is 17.8 Å². The molecule has 3 rings (SSSR count). The van der Waals surface area contributed by atoms with Crippen LogP contribution in [0.4, 0.5) is 0 Å². The van der Waals surface area contributed by atoms with Crippen molar-refractivity contribution >= 4 is 52.2 Å². The Balaban J connectivity index is 1.52. The zero-order valence-electron chi connectivity index (χ0n) is 30.0. The summed E-state index contributed by atoms with van der Waals surface area (Å²) in [6.45, 7) is 6.24. The maximum absolute atomic E-state index is 12.7. The first-order valence-corrected chi connectivity index (χ1v) is 20.8. The number of amides is 2. The van der Waals surface area contributed by atoms with Crippen LogP contribution in [0, 0.1) is 12.3 Å². The number of unbranched alkanes of at least 4 members (excludes halogenated alkanes) is 1. The van der Waals surface area contributed by atoms with Crippen LogP contribution in [-0.2, 0) is 50.7 Å². The van der Waals surface area contributed by atoms with Gasteiger partial charge in [-0.1, -0.05) is 32.3 Å². The molecule has 2 aromatic rings. The van der Waals surface area contributed by atoms with Gasteiger partial charge in [-0.05, 0) is 20.3 Å². The minimum atomic E-state index is -5.54. The van der Waals surface area contributed by atoms with Crippen LogP contribution in [-0.4, -0.2) is 124 Å². The van der Waals surface area contributed by atoms with Crippen molar-refractivity contribution in [2.75, 3.05) is 32.9 Å². The molecule has 306 valence electrons. The fourth-order valence-electron chi connectivity index (χ4n) is 4.66. The van der Waals surface area contributed by atoms with Gasteiger partial charge in [0.15, 0.2) is 11.9 Å². The molecule has 1 aliphatic rings. The van der Waals surface area contributed by atoms with Crippen molar-refractivity contribution in [2.45, 2.75) is 84.5 Å². The standard InChI is InChI=1S/C27H46N7O17P3/c1-6-7-10-46-33-16(2)11-29-19(35)8-9-28-25(38)23(37)27(4,5)13-48-54(44,45)51-53(42,43)47-12-18-22(50-52(39,40)41)21(36)26(49-18)34-15-32-20-17(3)30-14-31-24(20)34/h14-15,18,21-23,26,36-37H,6-13H2,1-5H3,(H,28,38)(H,29,35)(H,42,43)(H,44,45)(H2,39,40,41)/b33-16+. The molecule has 0 aromatic carbocycles. The molecule has 2 aromatic heterocycles. The van der Waals surface area contributed by atoms with E-state index in [9.17, 15) is 53.1 Å². The molecular formula is C27H46N7O17P3. The Morgan fingerprint density at radius 3 is 2.44 bits per heavy atom. The van der Waals surface area contributed by atoms with E-state index in [1.165, 1.54) is 31.1 Å². The maximum Gasteiger partial charge on any atom is 0.481 e. The van der Waals surface area contributed by atoms with E-state index in [1.54, 1.807) is 13.8 Å². The SMILES string of the molecule is CCCCO/N=C(\C)CNC(=O)CCNC(=O)C(O)C(C)(C)COP(=O)(O)OP(=O)(O)OCC1OC(n2cnc3c(C)ncnc32)C(O)C1OP(=O)(O)O. The second-order valence-electron chi connectivity index (χ2n) is 12.7. The van der Waals surface area contributed by atoms with Crippen LogP contribution < -0.4 is 10.6 Å². The predicted octanol–water partition coefficient (Wildman–Crippen LogP) is 0.324. The molecular weight excluding hydrogens is 787 g/mol. The van der Waals surface area contributed by atoms with Gasteiger partial charge in [0.25, 0.3) is 0 Å². The zero-order valence-corrected chi connectivity index (χ0v) is 32.6. The quantitative estimate of drug-likeness (QED) is 0.0343. The number of carbonyl (C=O) groups is 2. The molecule has 24 nitrogen and oxygen atoms in total. The fourth-order valence-corrected chi connectivity index (χ4v) is 7.49. The van der Waals surface area contributed by atoms with Gasteiger partial charge in [0.2, 0.25) is 11.8 Å². The first-order chi connectivity index (χ1) is 25.1. The van der Waals surface area contributed by atoms with Gasteiger partial charge in [-0.2, -0.15) is 4.31 Å². The number of phosphoric ester groups is 3. The van der Waals surface area contributed by atoms with Gasteiger partial charge in [-0.3, -0.25) is 27.7 Å². The number of rotatable bonds is 22. The number of phosphoric acid groups is 3. The Kier molecular flexibility index (Phi) is 16.4. The van der Waals surface area contributed by atoms with Crippen molar-refractivity contribution in [3.8, 4) is 0 Å². The van der Waals surface area contributed by atoms with Gasteiger partial charge in [0.05, 0.1) is 37.5 Å². The molecule has 7 atom stereocenters. The van der Waals surface area contributed by atoms with Crippen LogP contribution in [0.1, 0.15) is 58.9 Å². The summed E-state index contributed by atoms with van der Waals surface area (Å²) in [5.74, 6) is -1.39. The number of aliphatic hydroxyl groups excluding tert-OH is 2. The Labute approximate surface area is 309 Å². The van der Waals surface area contributed by atoms with Crippen LogP contribution >= 0.6 is 23.5 Å². The number of aryl methyl sites for hydroxylation is 1. The number of carbonyl (C=O) groups excluding carboxylic acids is 2. The number of aromatic nitrogens is 4. The lowest BCUT2D eigenvalue weighted by Crippen LogP contribution is -2.46. The van der Waals surface area contributed by atoms with Crippen molar-refractivity contribution < 1.29 is 80.5 Å². The highest BCUT2D eigenvalue weighted by atomic mass is 31.3. The Morgan fingerprint density at radius 2 is 1.78 bits per heavy atom. The molecule has 8 N–H and O–H groups in total. The van der Waals surface area contributed by atoms with Crippen LogP contribution in [0.3, 0.4) is 0 Å². The summed E-state index contributed by atoms with van der Waals surface area (Å²) in [4.78, 5) is 81.1. The van der Waals surface area contributed by atoms with Gasteiger partial charge >= 0.3 is 23.5 Å². The zero-order chi connectivity index (χ0) is 40.5. The van der Waals surface area contributed by atoms with Crippen molar-refractivity contribution in [2.24, 2.45) is 10.6 Å². The molecule has 3 heterocycles. The average Bonchev–Trinajstić information content (AvgIpc) is 3.63. The monoisotopic (exact) mass is 833 g/mol. The number of ether oxygens (including phenoxy) is 1. The number of oxime groups is 1. The summed E-state index contributed by atoms with van der Waals surface area (Å²) in [6.07, 6.45) is -4.71. The molecule has 1 saturated heterocycles. The largest absolute Gasteiger partial charge is 0.481 e. The summed E-state index contributed by atoms with van der Waals surface area (Å²) >= 11 is 0. The summed E-state index contributed by atoms with van der Waals surface area (Å²) in [5.41, 5.74) is -0.144. The average molecular weight is 834 g/mol. The summed E-state index contributed by atoms with van der Waals surface area (Å²) < 4.78 is 62.3. The molecule has 0 spiro atoms. The molecule has 0 radical (unpaired) electrons. The number of hydrogen-bond acceptors (Lipinski definition) is 17. The highest BCUT2D eigenvalue weighted by molar-refractivity contribution is 7.61. The van der Waals surface area contributed by atoms with E-state index in [-0.39, 0.29) is 25.2 Å². The predicted molar refractivity (Wildman–Crippen MR) is 184 cm³/mol. The minimum Gasteiger partial charge on any atom is -0.396 e. The van der Waals surface area contributed by atoms with E-state index in [1.807, 2.05) is 6.92 Å².